The highest BCUT2D eigenvalue weighted by atomic mass is 16.5. The van der Waals surface area contributed by atoms with Crippen LogP contribution in [0.2, 0.25) is 0 Å². The van der Waals surface area contributed by atoms with Gasteiger partial charge in [0.2, 0.25) is 0 Å². The van der Waals surface area contributed by atoms with Crippen molar-refractivity contribution in [2.45, 2.75) is 19.8 Å². The van der Waals surface area contributed by atoms with Crippen LogP contribution in [0.1, 0.15) is 25.3 Å². The van der Waals surface area contributed by atoms with Crippen molar-refractivity contribution < 1.29 is 4.74 Å². The van der Waals surface area contributed by atoms with Gasteiger partial charge in [0.15, 0.2) is 0 Å². The van der Waals surface area contributed by atoms with E-state index < -0.39 is 0 Å². The van der Waals surface area contributed by atoms with Crippen molar-refractivity contribution >= 4 is 0 Å². The van der Waals surface area contributed by atoms with E-state index in [1.807, 2.05) is 19.1 Å². The van der Waals surface area contributed by atoms with Crippen LogP contribution in [0.3, 0.4) is 0 Å². The summed E-state index contributed by atoms with van der Waals surface area (Å²) in [4.78, 5) is 0. The van der Waals surface area contributed by atoms with Crippen molar-refractivity contribution in [3.05, 3.63) is 35.7 Å². The SMILES string of the molecule is CCOc1ccc([C]2CC2)cc1. The van der Waals surface area contributed by atoms with E-state index in [1.54, 1.807) is 5.92 Å². The van der Waals surface area contributed by atoms with Gasteiger partial charge in [0.25, 0.3) is 0 Å². The highest BCUT2D eigenvalue weighted by Gasteiger charge is 2.23. The Morgan fingerprint density at radius 1 is 1.17 bits per heavy atom. The molecule has 0 amide bonds. The minimum Gasteiger partial charge on any atom is -0.494 e. The van der Waals surface area contributed by atoms with Crippen molar-refractivity contribution in [1.29, 1.82) is 0 Å². The molecule has 0 aromatic heterocycles. The Morgan fingerprint density at radius 2 is 1.83 bits per heavy atom. The highest BCUT2D eigenvalue weighted by Crippen LogP contribution is 2.39. The summed E-state index contributed by atoms with van der Waals surface area (Å²) in [6, 6.07) is 8.38. The lowest BCUT2D eigenvalue weighted by Gasteiger charge is -2.03. The van der Waals surface area contributed by atoms with E-state index in [-0.39, 0.29) is 0 Å². The summed E-state index contributed by atoms with van der Waals surface area (Å²) in [6.45, 7) is 2.75. The molecular weight excluding hydrogens is 148 g/mol. The number of ether oxygens (including phenoxy) is 1. The predicted octanol–water partition coefficient (Wildman–Crippen LogP) is 2.80. The van der Waals surface area contributed by atoms with Crippen LogP contribution in [0.25, 0.3) is 0 Å². The molecule has 0 atom stereocenters. The average Bonchev–Trinajstić information content (AvgIpc) is 2.89. The van der Waals surface area contributed by atoms with Gasteiger partial charge in [0.05, 0.1) is 6.61 Å². The van der Waals surface area contributed by atoms with Gasteiger partial charge >= 0.3 is 0 Å². The molecule has 1 fully saturated rings. The normalized spacial score (nSPS) is 16.1. The molecule has 12 heavy (non-hydrogen) atoms. The van der Waals surface area contributed by atoms with E-state index in [0.29, 0.717) is 0 Å². The molecule has 1 radical (unpaired) electrons. The first-order valence-electron chi connectivity index (χ1n) is 4.48. The van der Waals surface area contributed by atoms with E-state index >= 15 is 0 Å². The second-order valence-electron chi connectivity index (χ2n) is 3.06. The Balaban J connectivity index is 2.08. The number of benzene rings is 1. The summed E-state index contributed by atoms with van der Waals surface area (Å²) >= 11 is 0. The Morgan fingerprint density at radius 3 is 2.33 bits per heavy atom. The molecule has 0 saturated heterocycles. The van der Waals surface area contributed by atoms with Crippen LogP contribution < -0.4 is 4.74 Å². The van der Waals surface area contributed by atoms with Crippen LogP contribution in [0.15, 0.2) is 24.3 Å². The Bertz CT molecular complexity index is 246. The van der Waals surface area contributed by atoms with Crippen molar-refractivity contribution in [3.8, 4) is 5.75 Å². The summed E-state index contributed by atoms with van der Waals surface area (Å²) < 4.78 is 5.35. The highest BCUT2D eigenvalue weighted by molar-refractivity contribution is 5.40. The lowest BCUT2D eigenvalue weighted by molar-refractivity contribution is 0.340. The number of hydrogen-bond acceptors (Lipinski definition) is 1. The van der Waals surface area contributed by atoms with E-state index in [2.05, 4.69) is 12.1 Å². The third kappa shape index (κ3) is 1.60. The second-order valence-corrected chi connectivity index (χ2v) is 3.06. The smallest absolute Gasteiger partial charge is 0.119 e. The summed E-state index contributed by atoms with van der Waals surface area (Å²) in [5.41, 5.74) is 1.39. The number of hydrogen-bond donors (Lipinski definition) is 0. The fourth-order valence-electron chi connectivity index (χ4n) is 1.30. The monoisotopic (exact) mass is 161 g/mol. The molecule has 0 bridgehead atoms. The van der Waals surface area contributed by atoms with E-state index in [0.717, 1.165) is 12.4 Å². The molecule has 0 heterocycles. The molecule has 1 aromatic carbocycles. The molecule has 1 nitrogen and oxygen atoms in total. The van der Waals surface area contributed by atoms with Crippen LogP contribution in [0, 0.1) is 5.92 Å². The van der Waals surface area contributed by atoms with Gasteiger partial charge in [-0.25, -0.2) is 0 Å². The lowest BCUT2D eigenvalue weighted by atomic mass is 10.1. The summed E-state index contributed by atoms with van der Waals surface area (Å²) in [7, 11) is 0. The van der Waals surface area contributed by atoms with Crippen molar-refractivity contribution in [3.63, 3.8) is 0 Å². The van der Waals surface area contributed by atoms with Gasteiger partial charge in [-0.2, -0.15) is 0 Å². The maximum atomic E-state index is 5.35. The maximum Gasteiger partial charge on any atom is 0.119 e. The minimum absolute atomic E-state index is 0.746. The average molecular weight is 161 g/mol. The van der Waals surface area contributed by atoms with E-state index in [4.69, 9.17) is 4.74 Å². The van der Waals surface area contributed by atoms with E-state index in [1.165, 1.54) is 18.4 Å². The summed E-state index contributed by atoms with van der Waals surface area (Å²) in [6.07, 6.45) is 2.57. The molecule has 0 spiro atoms. The molecule has 1 aromatic rings. The molecule has 63 valence electrons. The van der Waals surface area contributed by atoms with Gasteiger partial charge in [0.1, 0.15) is 5.75 Å². The lowest BCUT2D eigenvalue weighted by Crippen LogP contribution is -1.90. The third-order valence-electron chi connectivity index (χ3n) is 2.07. The van der Waals surface area contributed by atoms with Gasteiger partial charge in [0, 0.05) is 5.92 Å². The topological polar surface area (TPSA) is 9.23 Å². The first-order chi connectivity index (χ1) is 5.90. The Kier molecular flexibility index (Phi) is 2.03. The summed E-state index contributed by atoms with van der Waals surface area (Å²) in [5.74, 6) is 2.56. The third-order valence-corrected chi connectivity index (χ3v) is 2.07. The molecule has 0 unspecified atom stereocenters. The molecule has 1 heteroatoms. The van der Waals surface area contributed by atoms with Gasteiger partial charge in [-0.15, -0.1) is 0 Å². The molecule has 0 aliphatic heterocycles. The van der Waals surface area contributed by atoms with Crippen LogP contribution in [0.5, 0.6) is 5.75 Å². The van der Waals surface area contributed by atoms with Crippen molar-refractivity contribution in [2.75, 3.05) is 6.61 Å². The second kappa shape index (κ2) is 3.18. The molecule has 1 saturated carbocycles. The quantitative estimate of drug-likeness (QED) is 0.662. The number of rotatable bonds is 3. The minimum atomic E-state index is 0.746. The standard InChI is InChI=1S/C11H13O/c1-2-12-11-7-5-10(6-8-11)9-3-4-9/h5-8H,2-4H2,1H3. The fourth-order valence-corrected chi connectivity index (χ4v) is 1.30. The molecular formula is C11H13O. The zero-order valence-electron chi connectivity index (χ0n) is 7.34. The molecule has 2 rings (SSSR count). The molecule has 1 aliphatic carbocycles. The zero-order chi connectivity index (χ0) is 8.39. The van der Waals surface area contributed by atoms with Crippen molar-refractivity contribution in [2.24, 2.45) is 0 Å². The van der Waals surface area contributed by atoms with Gasteiger partial charge in [-0.3, -0.25) is 0 Å². The van der Waals surface area contributed by atoms with Crippen LogP contribution in [0.4, 0.5) is 0 Å². The fraction of sp³-hybridized carbons (Fsp3) is 0.364. The van der Waals surface area contributed by atoms with Crippen LogP contribution >= 0.6 is 0 Å². The largest absolute Gasteiger partial charge is 0.494 e. The molecule has 1 aliphatic rings. The first kappa shape index (κ1) is 7.66. The first-order valence-corrected chi connectivity index (χ1v) is 4.48. The Labute approximate surface area is 73.4 Å². The van der Waals surface area contributed by atoms with Gasteiger partial charge in [-0.1, -0.05) is 12.1 Å². The zero-order valence-corrected chi connectivity index (χ0v) is 7.34. The molecule has 0 N–H and O–H groups in total. The van der Waals surface area contributed by atoms with Crippen LogP contribution in [-0.2, 0) is 0 Å². The van der Waals surface area contributed by atoms with Gasteiger partial charge in [-0.05, 0) is 37.5 Å². The predicted molar refractivity (Wildman–Crippen MR) is 49.2 cm³/mol. The maximum absolute atomic E-state index is 5.35. The van der Waals surface area contributed by atoms with Crippen molar-refractivity contribution in [1.82, 2.24) is 0 Å². The summed E-state index contributed by atoms with van der Waals surface area (Å²) in [5, 5.41) is 0. The van der Waals surface area contributed by atoms with E-state index in [9.17, 15) is 0 Å². The van der Waals surface area contributed by atoms with Crippen LogP contribution in [-0.4, -0.2) is 6.61 Å². The Hall–Kier alpha value is -0.980. The van der Waals surface area contributed by atoms with Gasteiger partial charge < -0.3 is 4.74 Å².